The van der Waals surface area contributed by atoms with E-state index in [1.807, 2.05) is 6.07 Å². The summed E-state index contributed by atoms with van der Waals surface area (Å²) in [6, 6.07) is 5.69. The van der Waals surface area contributed by atoms with E-state index in [0.29, 0.717) is 22.5 Å². The maximum atomic E-state index is 11.2. The van der Waals surface area contributed by atoms with Crippen LogP contribution in [0.5, 0.6) is 0 Å². The van der Waals surface area contributed by atoms with Crippen LogP contribution in [0, 0.1) is 5.92 Å². The maximum Gasteiger partial charge on any atom is 0.250 e. The Morgan fingerprint density at radius 1 is 1.57 bits per heavy atom. The molecule has 1 aromatic carbocycles. The first-order valence-electron chi connectivity index (χ1n) is 7.59. The van der Waals surface area contributed by atoms with Crippen molar-refractivity contribution in [2.24, 2.45) is 11.7 Å². The first-order chi connectivity index (χ1) is 10.0. The van der Waals surface area contributed by atoms with Crippen molar-refractivity contribution in [1.29, 1.82) is 0 Å². The molecule has 0 radical (unpaired) electrons. The van der Waals surface area contributed by atoms with Gasteiger partial charge in [-0.3, -0.25) is 4.79 Å². The lowest BCUT2D eigenvalue weighted by Gasteiger charge is -2.35. The van der Waals surface area contributed by atoms with E-state index in [2.05, 4.69) is 24.1 Å². The van der Waals surface area contributed by atoms with Crippen molar-refractivity contribution in [3.05, 3.63) is 28.8 Å². The molecule has 1 saturated heterocycles. The number of anilines is 1. The van der Waals surface area contributed by atoms with Crippen molar-refractivity contribution < 1.29 is 4.79 Å². The maximum absolute atomic E-state index is 11.2. The summed E-state index contributed by atoms with van der Waals surface area (Å²) in [6.45, 7) is 7.88. The Hall–Kier alpha value is -1.26. The molecule has 1 aliphatic rings. The first kappa shape index (κ1) is 16.1. The monoisotopic (exact) mass is 309 g/mol. The number of carbonyl (C=O) groups is 1. The highest BCUT2D eigenvalue weighted by molar-refractivity contribution is 6.34. The van der Waals surface area contributed by atoms with Gasteiger partial charge in [0.15, 0.2) is 0 Å². The van der Waals surface area contributed by atoms with Crippen molar-refractivity contribution in [2.75, 3.05) is 25.0 Å². The van der Waals surface area contributed by atoms with Crippen molar-refractivity contribution in [3.63, 3.8) is 0 Å². The number of nitrogens with two attached hydrogens (primary N) is 1. The number of halogens is 1. The van der Waals surface area contributed by atoms with E-state index in [1.165, 1.54) is 19.4 Å². The zero-order chi connectivity index (χ0) is 15.4. The van der Waals surface area contributed by atoms with E-state index in [-0.39, 0.29) is 0 Å². The number of piperidine rings is 1. The highest BCUT2D eigenvalue weighted by atomic mass is 35.5. The van der Waals surface area contributed by atoms with Crippen molar-refractivity contribution in [1.82, 2.24) is 4.90 Å². The number of hydrogen-bond acceptors (Lipinski definition) is 3. The molecular weight excluding hydrogens is 286 g/mol. The Morgan fingerprint density at radius 2 is 2.33 bits per heavy atom. The van der Waals surface area contributed by atoms with E-state index in [1.54, 1.807) is 12.1 Å². The van der Waals surface area contributed by atoms with Crippen LogP contribution in [0.1, 0.15) is 37.0 Å². The van der Waals surface area contributed by atoms with Crippen molar-refractivity contribution in [2.45, 2.75) is 32.7 Å². The molecule has 3 N–H and O–H groups in total. The number of hydrogen-bond donors (Lipinski definition) is 2. The molecule has 1 aliphatic heterocycles. The van der Waals surface area contributed by atoms with Crippen LogP contribution in [0.15, 0.2) is 18.2 Å². The Labute approximate surface area is 131 Å². The molecule has 116 valence electrons. The van der Waals surface area contributed by atoms with E-state index in [0.717, 1.165) is 18.8 Å². The van der Waals surface area contributed by atoms with Gasteiger partial charge in [-0.1, -0.05) is 18.5 Å². The zero-order valence-corrected chi connectivity index (χ0v) is 13.5. The summed E-state index contributed by atoms with van der Waals surface area (Å²) < 4.78 is 0. The second-order valence-corrected chi connectivity index (χ2v) is 6.19. The normalized spacial score (nSPS) is 21.0. The van der Waals surface area contributed by atoms with Gasteiger partial charge in [-0.25, -0.2) is 0 Å². The molecule has 0 bridgehead atoms. The molecule has 2 rings (SSSR count). The summed E-state index contributed by atoms with van der Waals surface area (Å²) in [5.41, 5.74) is 6.57. The number of primary amides is 1. The lowest BCUT2D eigenvalue weighted by molar-refractivity contribution is 0.100. The van der Waals surface area contributed by atoms with Crippen LogP contribution in [-0.4, -0.2) is 36.5 Å². The van der Waals surface area contributed by atoms with Crippen LogP contribution < -0.4 is 11.1 Å². The Balaban J connectivity index is 2.00. The van der Waals surface area contributed by atoms with E-state index in [4.69, 9.17) is 17.3 Å². The van der Waals surface area contributed by atoms with Crippen LogP contribution in [0.4, 0.5) is 5.69 Å². The molecule has 5 heteroatoms. The van der Waals surface area contributed by atoms with E-state index < -0.39 is 5.91 Å². The Morgan fingerprint density at radius 3 is 2.95 bits per heavy atom. The standard InChI is InChI=1S/C16H24ClN3O/c1-3-20-8-4-5-12(10-20)11(2)19-13-6-7-14(16(18)21)15(17)9-13/h6-7,9,11-12,19H,3-5,8,10H2,1-2H3,(H2,18,21). The van der Waals surface area contributed by atoms with Crippen LogP contribution in [0.25, 0.3) is 0 Å². The van der Waals surface area contributed by atoms with Gasteiger partial charge in [-0.05, 0) is 57.0 Å². The van der Waals surface area contributed by atoms with Crippen LogP contribution in [0.2, 0.25) is 5.02 Å². The fraction of sp³-hybridized carbons (Fsp3) is 0.562. The van der Waals surface area contributed by atoms with E-state index in [9.17, 15) is 4.79 Å². The van der Waals surface area contributed by atoms with Gasteiger partial charge in [0.25, 0.3) is 0 Å². The molecule has 1 heterocycles. The largest absolute Gasteiger partial charge is 0.382 e. The second-order valence-electron chi connectivity index (χ2n) is 5.79. The topological polar surface area (TPSA) is 58.4 Å². The van der Waals surface area contributed by atoms with Gasteiger partial charge in [0, 0.05) is 18.3 Å². The highest BCUT2D eigenvalue weighted by Crippen LogP contribution is 2.25. The lowest BCUT2D eigenvalue weighted by Crippen LogP contribution is -2.41. The Bertz CT molecular complexity index is 506. The van der Waals surface area contributed by atoms with Crippen molar-refractivity contribution in [3.8, 4) is 0 Å². The van der Waals surface area contributed by atoms with E-state index >= 15 is 0 Å². The number of amides is 1. The van der Waals surface area contributed by atoms with Crippen LogP contribution >= 0.6 is 11.6 Å². The van der Waals surface area contributed by atoms with Gasteiger partial charge in [-0.2, -0.15) is 0 Å². The Kier molecular flexibility index (Phi) is 5.48. The summed E-state index contributed by atoms with van der Waals surface area (Å²) in [4.78, 5) is 13.7. The fourth-order valence-electron chi connectivity index (χ4n) is 2.97. The van der Waals surface area contributed by atoms with Gasteiger partial charge in [0.2, 0.25) is 5.91 Å². The molecule has 21 heavy (non-hydrogen) atoms. The zero-order valence-electron chi connectivity index (χ0n) is 12.7. The number of likely N-dealkylation sites (tertiary alicyclic amines) is 1. The molecule has 0 aromatic heterocycles. The minimum atomic E-state index is -0.495. The van der Waals surface area contributed by atoms with Gasteiger partial charge in [0.1, 0.15) is 0 Å². The smallest absolute Gasteiger partial charge is 0.250 e. The molecule has 0 saturated carbocycles. The molecule has 1 aromatic rings. The second kappa shape index (κ2) is 7.14. The number of carbonyl (C=O) groups excluding carboxylic acids is 1. The summed E-state index contributed by atoms with van der Waals surface area (Å²) in [7, 11) is 0. The molecule has 0 aliphatic carbocycles. The highest BCUT2D eigenvalue weighted by Gasteiger charge is 2.23. The third-order valence-corrected chi connectivity index (χ3v) is 4.64. The number of nitrogens with one attached hydrogen (secondary N) is 1. The minimum Gasteiger partial charge on any atom is -0.382 e. The summed E-state index contributed by atoms with van der Waals surface area (Å²) in [6.07, 6.45) is 2.50. The number of benzene rings is 1. The third-order valence-electron chi connectivity index (χ3n) is 4.33. The molecule has 1 fully saturated rings. The lowest BCUT2D eigenvalue weighted by atomic mass is 9.91. The number of nitrogens with zero attached hydrogens (tertiary/aromatic N) is 1. The van der Waals surface area contributed by atoms with Gasteiger partial charge in [0.05, 0.1) is 10.6 Å². The van der Waals surface area contributed by atoms with Crippen LogP contribution in [-0.2, 0) is 0 Å². The van der Waals surface area contributed by atoms with Gasteiger partial charge >= 0.3 is 0 Å². The van der Waals surface area contributed by atoms with Crippen molar-refractivity contribution >= 4 is 23.2 Å². The SMILES string of the molecule is CCN1CCCC(C(C)Nc2ccc(C(N)=O)c(Cl)c2)C1. The predicted molar refractivity (Wildman–Crippen MR) is 87.9 cm³/mol. The summed E-state index contributed by atoms with van der Waals surface area (Å²) in [5, 5.41) is 3.90. The minimum absolute atomic E-state index is 0.365. The molecule has 2 atom stereocenters. The summed E-state index contributed by atoms with van der Waals surface area (Å²) >= 11 is 6.09. The fourth-order valence-corrected chi connectivity index (χ4v) is 3.25. The third kappa shape index (κ3) is 4.11. The molecule has 0 spiro atoms. The van der Waals surface area contributed by atoms with Gasteiger partial charge < -0.3 is 16.0 Å². The predicted octanol–water partition coefficient (Wildman–Crippen LogP) is 2.97. The average molecular weight is 310 g/mol. The molecule has 4 nitrogen and oxygen atoms in total. The first-order valence-corrected chi connectivity index (χ1v) is 7.97. The molecular formula is C16H24ClN3O. The molecule has 2 unspecified atom stereocenters. The van der Waals surface area contributed by atoms with Crippen LogP contribution in [0.3, 0.4) is 0 Å². The molecule has 1 amide bonds. The quantitative estimate of drug-likeness (QED) is 0.879. The summed E-state index contributed by atoms with van der Waals surface area (Å²) in [5.74, 6) is 0.138. The number of rotatable bonds is 5. The van der Waals surface area contributed by atoms with Gasteiger partial charge in [-0.15, -0.1) is 0 Å². The average Bonchev–Trinajstić information content (AvgIpc) is 2.47.